The maximum Gasteiger partial charge on any atom is 0.257 e. The number of nitrogens with zero attached hydrogens (tertiary/aromatic N) is 1. The summed E-state index contributed by atoms with van der Waals surface area (Å²) in [5, 5.41) is 3.74. The number of nitrogens with one attached hydrogen (secondary N) is 1. The van der Waals surface area contributed by atoms with Crippen molar-refractivity contribution >= 4 is 57.7 Å². The Balaban J connectivity index is 1.71. The number of amides is 1. The Labute approximate surface area is 147 Å². The summed E-state index contributed by atoms with van der Waals surface area (Å²) in [6.45, 7) is 1.77. The fourth-order valence-corrected chi connectivity index (χ4v) is 3.03. The van der Waals surface area contributed by atoms with Crippen LogP contribution in [0.2, 0.25) is 10.0 Å². The molecule has 4 nitrogen and oxygen atoms in total. The van der Waals surface area contributed by atoms with Gasteiger partial charge < -0.3 is 9.73 Å². The van der Waals surface area contributed by atoms with Crippen molar-refractivity contribution < 1.29 is 9.21 Å². The lowest BCUT2D eigenvalue weighted by Gasteiger charge is -2.11. The van der Waals surface area contributed by atoms with Crippen LogP contribution < -0.4 is 5.32 Å². The molecule has 23 heavy (non-hydrogen) atoms. The normalized spacial score (nSPS) is 12.3. The van der Waals surface area contributed by atoms with E-state index in [1.54, 1.807) is 25.1 Å². The van der Waals surface area contributed by atoms with Crippen LogP contribution in [0.1, 0.15) is 6.92 Å². The van der Waals surface area contributed by atoms with Gasteiger partial charge in [0.05, 0.1) is 16.0 Å². The van der Waals surface area contributed by atoms with Gasteiger partial charge >= 0.3 is 0 Å². The molecule has 0 radical (unpaired) electrons. The molecule has 0 aliphatic rings. The van der Waals surface area contributed by atoms with Crippen molar-refractivity contribution in [3.8, 4) is 0 Å². The zero-order valence-electron chi connectivity index (χ0n) is 12.0. The Bertz CT molecular complexity index is 833. The van der Waals surface area contributed by atoms with Crippen molar-refractivity contribution in [3.05, 3.63) is 52.5 Å². The molecule has 1 amide bonds. The first kappa shape index (κ1) is 16.2. The molecular formula is C16H12Cl2N2O2S. The molecule has 7 heteroatoms. The van der Waals surface area contributed by atoms with Crippen molar-refractivity contribution in [1.82, 2.24) is 4.98 Å². The fraction of sp³-hybridized carbons (Fsp3) is 0.125. The topological polar surface area (TPSA) is 55.1 Å². The average Bonchev–Trinajstić information content (AvgIpc) is 2.93. The summed E-state index contributed by atoms with van der Waals surface area (Å²) in [5.74, 6) is -0.207. The lowest BCUT2D eigenvalue weighted by molar-refractivity contribution is -0.115. The number of anilines is 1. The van der Waals surface area contributed by atoms with E-state index in [-0.39, 0.29) is 5.91 Å². The Morgan fingerprint density at radius 1 is 1.26 bits per heavy atom. The number of fused-ring (bicyclic) bond motifs is 1. The second-order valence-electron chi connectivity index (χ2n) is 4.82. The molecule has 3 aromatic rings. The number of carbonyl (C=O) groups excluding carboxylic acids is 1. The van der Waals surface area contributed by atoms with Crippen LogP contribution in [0.15, 0.2) is 52.1 Å². The van der Waals surface area contributed by atoms with Crippen molar-refractivity contribution in [2.45, 2.75) is 17.4 Å². The Morgan fingerprint density at radius 3 is 2.83 bits per heavy atom. The fourth-order valence-electron chi connectivity index (χ4n) is 1.93. The molecule has 1 atom stereocenters. The highest BCUT2D eigenvalue weighted by Crippen LogP contribution is 2.29. The predicted molar refractivity (Wildman–Crippen MR) is 94.4 cm³/mol. The van der Waals surface area contributed by atoms with E-state index >= 15 is 0 Å². The summed E-state index contributed by atoms with van der Waals surface area (Å²) in [6.07, 6.45) is 0. The third-order valence-corrected chi connectivity index (χ3v) is 4.62. The minimum atomic E-state index is -0.405. The van der Waals surface area contributed by atoms with Crippen molar-refractivity contribution in [3.63, 3.8) is 0 Å². The molecule has 0 unspecified atom stereocenters. The summed E-state index contributed by atoms with van der Waals surface area (Å²) < 4.78 is 5.61. The van der Waals surface area contributed by atoms with Gasteiger partial charge in [0.15, 0.2) is 5.58 Å². The standard InChI is InChI=1S/C16H12Cl2N2O2S/c1-9(15(21)19-13-8-10(17)6-7-11(13)18)23-16-20-12-4-2-3-5-14(12)22-16/h2-9H,1H3,(H,19,21)/t9-/m1/s1. The molecule has 0 saturated heterocycles. The van der Waals surface area contributed by atoms with Gasteiger partial charge in [0, 0.05) is 5.02 Å². The zero-order chi connectivity index (χ0) is 16.4. The molecule has 0 aliphatic heterocycles. The van der Waals surface area contributed by atoms with E-state index < -0.39 is 5.25 Å². The molecule has 0 fully saturated rings. The highest BCUT2D eigenvalue weighted by Gasteiger charge is 2.19. The second-order valence-corrected chi connectivity index (χ2v) is 6.96. The highest BCUT2D eigenvalue weighted by atomic mass is 35.5. The number of carbonyl (C=O) groups is 1. The minimum absolute atomic E-state index is 0.207. The van der Waals surface area contributed by atoms with Crippen LogP contribution in [-0.2, 0) is 4.79 Å². The van der Waals surface area contributed by atoms with Crippen LogP contribution in [0.4, 0.5) is 5.69 Å². The molecule has 0 aliphatic carbocycles. The van der Waals surface area contributed by atoms with E-state index in [0.29, 0.717) is 26.5 Å². The van der Waals surface area contributed by atoms with Crippen molar-refractivity contribution in [2.24, 2.45) is 0 Å². The van der Waals surface area contributed by atoms with Gasteiger partial charge in [0.25, 0.3) is 5.22 Å². The van der Waals surface area contributed by atoms with Gasteiger partial charge in [-0.1, -0.05) is 47.1 Å². The lowest BCUT2D eigenvalue weighted by Crippen LogP contribution is -2.22. The van der Waals surface area contributed by atoms with Crippen LogP contribution in [-0.4, -0.2) is 16.1 Å². The molecule has 1 aromatic heterocycles. The van der Waals surface area contributed by atoms with E-state index in [1.807, 2.05) is 24.3 Å². The number of halogens is 2. The van der Waals surface area contributed by atoms with E-state index in [2.05, 4.69) is 10.3 Å². The maximum absolute atomic E-state index is 12.3. The predicted octanol–water partition coefficient (Wildman–Crippen LogP) is 5.25. The summed E-state index contributed by atoms with van der Waals surface area (Å²) in [6, 6.07) is 12.4. The third-order valence-electron chi connectivity index (χ3n) is 3.11. The average molecular weight is 367 g/mol. The number of hydrogen-bond donors (Lipinski definition) is 1. The number of para-hydroxylation sites is 2. The molecule has 0 spiro atoms. The largest absolute Gasteiger partial charge is 0.431 e. The van der Waals surface area contributed by atoms with Crippen LogP contribution in [0.25, 0.3) is 11.1 Å². The third kappa shape index (κ3) is 3.80. The number of aromatic nitrogens is 1. The van der Waals surface area contributed by atoms with Crippen molar-refractivity contribution in [2.75, 3.05) is 5.32 Å². The smallest absolute Gasteiger partial charge is 0.257 e. The molecule has 1 N–H and O–H groups in total. The molecule has 0 bridgehead atoms. The molecule has 1 heterocycles. The van der Waals surface area contributed by atoms with E-state index in [4.69, 9.17) is 27.6 Å². The maximum atomic E-state index is 12.3. The summed E-state index contributed by atoms with van der Waals surface area (Å²) in [7, 11) is 0. The van der Waals surface area contributed by atoms with Gasteiger partial charge in [-0.05, 0) is 37.3 Å². The Hall–Kier alpha value is -1.69. The summed E-state index contributed by atoms with van der Waals surface area (Å²) >= 11 is 13.2. The second kappa shape index (κ2) is 6.83. The SMILES string of the molecule is C[C@@H](Sc1nc2ccccc2o1)C(=O)Nc1cc(Cl)ccc1Cl. The van der Waals surface area contributed by atoms with Crippen LogP contribution in [0.5, 0.6) is 0 Å². The van der Waals surface area contributed by atoms with E-state index in [9.17, 15) is 4.79 Å². The van der Waals surface area contributed by atoms with Gasteiger partial charge in [-0.25, -0.2) is 4.98 Å². The number of oxazole rings is 1. The number of rotatable bonds is 4. The first-order chi connectivity index (χ1) is 11.0. The van der Waals surface area contributed by atoms with Crippen LogP contribution in [0, 0.1) is 0 Å². The van der Waals surface area contributed by atoms with Crippen LogP contribution >= 0.6 is 35.0 Å². The molecule has 3 rings (SSSR count). The molecule has 0 saturated carbocycles. The Morgan fingerprint density at radius 2 is 2.04 bits per heavy atom. The van der Waals surface area contributed by atoms with E-state index in [0.717, 1.165) is 5.52 Å². The van der Waals surface area contributed by atoms with Gasteiger partial charge in [-0.15, -0.1) is 0 Å². The van der Waals surface area contributed by atoms with Gasteiger partial charge in [-0.2, -0.15) is 0 Å². The van der Waals surface area contributed by atoms with Gasteiger partial charge in [-0.3, -0.25) is 4.79 Å². The monoisotopic (exact) mass is 366 g/mol. The van der Waals surface area contributed by atoms with E-state index in [1.165, 1.54) is 11.8 Å². The lowest BCUT2D eigenvalue weighted by atomic mass is 10.3. The first-order valence-corrected chi connectivity index (χ1v) is 8.44. The zero-order valence-corrected chi connectivity index (χ0v) is 14.4. The Kier molecular flexibility index (Phi) is 4.80. The summed E-state index contributed by atoms with van der Waals surface area (Å²) in [4.78, 5) is 16.6. The first-order valence-electron chi connectivity index (χ1n) is 6.81. The molecule has 2 aromatic carbocycles. The quantitative estimate of drug-likeness (QED) is 0.640. The number of benzene rings is 2. The number of thioether (sulfide) groups is 1. The number of hydrogen-bond acceptors (Lipinski definition) is 4. The van der Waals surface area contributed by atoms with Crippen molar-refractivity contribution in [1.29, 1.82) is 0 Å². The van der Waals surface area contributed by atoms with Gasteiger partial charge in [0.1, 0.15) is 5.52 Å². The minimum Gasteiger partial charge on any atom is -0.431 e. The molecular weight excluding hydrogens is 355 g/mol. The van der Waals surface area contributed by atoms with Crippen LogP contribution in [0.3, 0.4) is 0 Å². The van der Waals surface area contributed by atoms with Gasteiger partial charge in [0.2, 0.25) is 5.91 Å². The molecule has 118 valence electrons. The highest BCUT2D eigenvalue weighted by molar-refractivity contribution is 8.00. The summed E-state index contributed by atoms with van der Waals surface area (Å²) in [5.41, 5.74) is 1.94.